The van der Waals surface area contributed by atoms with Crippen LogP contribution in [0.15, 0.2) is 21.5 Å². The molecule has 0 saturated heterocycles. The summed E-state index contributed by atoms with van der Waals surface area (Å²) in [6.45, 7) is 1.40. The summed E-state index contributed by atoms with van der Waals surface area (Å²) in [4.78, 5) is 19.3. The molecule has 2 aromatic rings. The molecule has 0 fully saturated rings. The second-order valence-corrected chi connectivity index (χ2v) is 4.31. The van der Waals surface area contributed by atoms with Crippen molar-refractivity contribution in [2.45, 2.75) is 13.5 Å². The van der Waals surface area contributed by atoms with Crippen LogP contribution >= 0.6 is 15.9 Å². The zero-order valence-electron chi connectivity index (χ0n) is 9.71. The number of amides is 1. The van der Waals surface area contributed by atoms with E-state index in [1.165, 1.54) is 0 Å². The maximum absolute atomic E-state index is 13.3. The highest BCUT2D eigenvalue weighted by molar-refractivity contribution is 9.10. The van der Waals surface area contributed by atoms with Crippen molar-refractivity contribution >= 4 is 21.8 Å². The van der Waals surface area contributed by atoms with Crippen LogP contribution in [0.25, 0.3) is 0 Å². The van der Waals surface area contributed by atoms with Crippen molar-refractivity contribution in [3.8, 4) is 0 Å². The Morgan fingerprint density at radius 3 is 2.84 bits per heavy atom. The third-order valence-corrected chi connectivity index (χ3v) is 2.63. The summed E-state index contributed by atoms with van der Waals surface area (Å²) in [5, 5.41) is 2.42. The highest BCUT2D eigenvalue weighted by atomic mass is 79.9. The van der Waals surface area contributed by atoms with Crippen LogP contribution in [0.4, 0.5) is 8.78 Å². The average Bonchev–Trinajstić information content (AvgIpc) is 2.67. The monoisotopic (exact) mass is 331 g/mol. The fraction of sp³-hybridized carbons (Fsp3) is 0.182. The number of oxazole rings is 1. The van der Waals surface area contributed by atoms with Gasteiger partial charge in [0, 0.05) is 22.0 Å². The van der Waals surface area contributed by atoms with Crippen LogP contribution < -0.4 is 5.32 Å². The van der Waals surface area contributed by atoms with Crippen LogP contribution in [0.3, 0.4) is 0 Å². The van der Waals surface area contributed by atoms with Crippen LogP contribution in [-0.2, 0) is 6.54 Å². The minimum atomic E-state index is -0.821. The lowest BCUT2D eigenvalue weighted by atomic mass is 10.3. The Hall–Kier alpha value is -1.83. The normalized spacial score (nSPS) is 10.5. The van der Waals surface area contributed by atoms with Crippen molar-refractivity contribution < 1.29 is 18.0 Å². The number of nitrogens with one attached hydrogen (secondary N) is 1. The van der Waals surface area contributed by atoms with E-state index in [9.17, 15) is 13.6 Å². The molecule has 5 nitrogen and oxygen atoms in total. The largest absolute Gasteiger partial charge is 0.436 e. The molecular weight excluding hydrogens is 324 g/mol. The highest BCUT2D eigenvalue weighted by Crippen LogP contribution is 2.14. The SMILES string of the molecule is Cc1oc(Br)nc1C(=O)NCc1ncc(F)cc1F. The molecule has 0 atom stereocenters. The van der Waals surface area contributed by atoms with E-state index in [-0.39, 0.29) is 22.7 Å². The quantitative estimate of drug-likeness (QED) is 0.937. The van der Waals surface area contributed by atoms with Crippen molar-refractivity contribution in [2.75, 3.05) is 0 Å². The number of halogens is 3. The summed E-state index contributed by atoms with van der Waals surface area (Å²) in [5.74, 6) is -1.79. The standard InChI is InChI=1S/C11H8BrF2N3O2/c1-5-9(17-11(12)19-5)10(18)16-4-8-7(14)2-6(13)3-15-8/h2-3H,4H2,1H3,(H,16,18). The van der Waals surface area contributed by atoms with Gasteiger partial charge in [-0.25, -0.2) is 8.78 Å². The Kier molecular flexibility index (Phi) is 3.89. The number of pyridine rings is 1. The van der Waals surface area contributed by atoms with Gasteiger partial charge in [0.2, 0.25) is 0 Å². The number of aryl methyl sites for hydroxylation is 1. The van der Waals surface area contributed by atoms with Crippen molar-refractivity contribution in [1.82, 2.24) is 15.3 Å². The van der Waals surface area contributed by atoms with E-state index in [2.05, 4.69) is 31.2 Å². The van der Waals surface area contributed by atoms with E-state index in [0.717, 1.165) is 6.20 Å². The Bertz CT molecular complexity index is 630. The highest BCUT2D eigenvalue weighted by Gasteiger charge is 2.16. The number of hydrogen-bond acceptors (Lipinski definition) is 4. The second-order valence-electron chi connectivity index (χ2n) is 3.64. The van der Waals surface area contributed by atoms with Crippen LogP contribution in [0.5, 0.6) is 0 Å². The first kappa shape index (κ1) is 13.6. The first-order valence-electron chi connectivity index (χ1n) is 5.18. The molecule has 2 heterocycles. The first-order chi connectivity index (χ1) is 8.97. The van der Waals surface area contributed by atoms with Crippen LogP contribution in [0.1, 0.15) is 21.9 Å². The van der Waals surface area contributed by atoms with Gasteiger partial charge in [0.1, 0.15) is 17.4 Å². The Labute approximate surface area is 115 Å². The zero-order chi connectivity index (χ0) is 14.0. The van der Waals surface area contributed by atoms with Crippen LogP contribution in [0.2, 0.25) is 0 Å². The van der Waals surface area contributed by atoms with Crippen LogP contribution in [0, 0.1) is 18.6 Å². The molecule has 0 spiro atoms. The van der Waals surface area contributed by atoms with Gasteiger partial charge in [0.05, 0.1) is 18.4 Å². The number of nitrogens with zero attached hydrogens (tertiary/aromatic N) is 2. The topological polar surface area (TPSA) is 68.0 Å². The molecule has 1 N–H and O–H groups in total. The number of rotatable bonds is 3. The van der Waals surface area contributed by atoms with Gasteiger partial charge in [-0.2, -0.15) is 4.98 Å². The van der Waals surface area contributed by atoms with Crippen LogP contribution in [-0.4, -0.2) is 15.9 Å². The van der Waals surface area contributed by atoms with Gasteiger partial charge in [-0.05, 0) is 6.92 Å². The van der Waals surface area contributed by atoms with Gasteiger partial charge < -0.3 is 9.73 Å². The van der Waals surface area contributed by atoms with Gasteiger partial charge >= 0.3 is 0 Å². The molecule has 2 aromatic heterocycles. The molecule has 0 bridgehead atoms. The lowest BCUT2D eigenvalue weighted by Crippen LogP contribution is -2.25. The molecule has 0 aliphatic rings. The van der Waals surface area contributed by atoms with Gasteiger partial charge in [0.25, 0.3) is 10.7 Å². The fourth-order valence-corrected chi connectivity index (χ4v) is 1.82. The van der Waals surface area contributed by atoms with Gasteiger partial charge in [0.15, 0.2) is 5.69 Å². The molecule has 0 aliphatic carbocycles. The molecule has 19 heavy (non-hydrogen) atoms. The minimum Gasteiger partial charge on any atom is -0.436 e. The Morgan fingerprint density at radius 1 is 1.53 bits per heavy atom. The van der Waals surface area contributed by atoms with Crippen molar-refractivity contribution in [3.63, 3.8) is 0 Å². The summed E-state index contributed by atoms with van der Waals surface area (Å²) in [6.07, 6.45) is 0.877. The first-order valence-corrected chi connectivity index (χ1v) is 5.97. The molecule has 0 saturated carbocycles. The number of carbonyl (C=O) groups is 1. The Morgan fingerprint density at radius 2 is 2.26 bits per heavy atom. The maximum atomic E-state index is 13.3. The van der Waals surface area contributed by atoms with Crippen molar-refractivity contribution in [1.29, 1.82) is 0 Å². The average molecular weight is 332 g/mol. The predicted molar refractivity (Wildman–Crippen MR) is 64.3 cm³/mol. The number of aromatic nitrogens is 2. The number of hydrogen-bond donors (Lipinski definition) is 1. The summed E-state index contributed by atoms with van der Waals surface area (Å²) < 4.78 is 31.0. The van der Waals surface area contributed by atoms with E-state index >= 15 is 0 Å². The molecular formula is C11H8BrF2N3O2. The molecule has 8 heteroatoms. The lowest BCUT2D eigenvalue weighted by molar-refractivity contribution is 0.0944. The Balaban J connectivity index is 2.06. The summed E-state index contributed by atoms with van der Waals surface area (Å²) in [5.41, 5.74) is 0.0318. The van der Waals surface area contributed by atoms with Gasteiger partial charge in [-0.3, -0.25) is 9.78 Å². The molecule has 2 rings (SSSR count). The summed E-state index contributed by atoms with van der Waals surface area (Å²) in [7, 11) is 0. The molecule has 0 radical (unpaired) electrons. The molecule has 0 aromatic carbocycles. The fourth-order valence-electron chi connectivity index (χ4n) is 1.40. The summed E-state index contributed by atoms with van der Waals surface area (Å²) >= 11 is 3.00. The smallest absolute Gasteiger partial charge is 0.273 e. The van der Waals surface area contributed by atoms with E-state index in [1.807, 2.05) is 0 Å². The number of carbonyl (C=O) groups excluding carboxylic acids is 1. The molecule has 1 amide bonds. The molecule has 0 unspecified atom stereocenters. The minimum absolute atomic E-state index is 0.0602. The molecule has 100 valence electrons. The van der Waals surface area contributed by atoms with E-state index < -0.39 is 17.5 Å². The maximum Gasteiger partial charge on any atom is 0.273 e. The van der Waals surface area contributed by atoms with E-state index in [1.54, 1.807) is 6.92 Å². The lowest BCUT2D eigenvalue weighted by Gasteiger charge is -2.04. The zero-order valence-corrected chi connectivity index (χ0v) is 11.3. The third-order valence-electron chi connectivity index (χ3n) is 2.29. The van der Waals surface area contributed by atoms with Crippen molar-refractivity contribution in [3.05, 3.63) is 45.8 Å². The predicted octanol–water partition coefficient (Wildman–Crippen LogP) is 2.35. The summed E-state index contributed by atoms with van der Waals surface area (Å²) in [6, 6.07) is 0.701. The van der Waals surface area contributed by atoms with Crippen molar-refractivity contribution in [2.24, 2.45) is 0 Å². The van der Waals surface area contributed by atoms with E-state index in [0.29, 0.717) is 11.8 Å². The second kappa shape index (κ2) is 5.43. The van der Waals surface area contributed by atoms with E-state index in [4.69, 9.17) is 4.42 Å². The third kappa shape index (κ3) is 3.14. The van der Waals surface area contributed by atoms with Gasteiger partial charge in [-0.15, -0.1) is 0 Å². The van der Waals surface area contributed by atoms with Gasteiger partial charge in [-0.1, -0.05) is 0 Å². The molecule has 0 aliphatic heterocycles.